The van der Waals surface area contributed by atoms with Crippen molar-refractivity contribution in [1.29, 1.82) is 0 Å². The van der Waals surface area contributed by atoms with Gasteiger partial charge in [-0.25, -0.2) is 0 Å². The molecule has 0 atom stereocenters. The SMILES string of the molecule is CC(C)(C)NC(=S)N/N=C/CN. The van der Waals surface area contributed by atoms with Gasteiger partial charge in [-0.15, -0.1) is 0 Å². The maximum atomic E-state index is 5.19. The third-order valence-electron chi connectivity index (χ3n) is 0.851. The highest BCUT2D eigenvalue weighted by Gasteiger charge is 2.09. The molecule has 0 bridgehead atoms. The molecule has 0 aromatic heterocycles. The first-order valence-corrected chi connectivity index (χ1v) is 4.16. The van der Waals surface area contributed by atoms with Crippen molar-refractivity contribution in [3.63, 3.8) is 0 Å². The van der Waals surface area contributed by atoms with E-state index in [1.165, 1.54) is 0 Å². The van der Waals surface area contributed by atoms with E-state index in [-0.39, 0.29) is 5.54 Å². The largest absolute Gasteiger partial charge is 0.357 e. The molecule has 0 fully saturated rings. The van der Waals surface area contributed by atoms with Gasteiger partial charge in [-0.1, -0.05) is 0 Å². The summed E-state index contributed by atoms with van der Waals surface area (Å²) in [5, 5.41) is 7.32. The highest BCUT2D eigenvalue weighted by atomic mass is 32.1. The minimum absolute atomic E-state index is 0.0394. The molecule has 0 saturated heterocycles. The first-order chi connectivity index (χ1) is 5.45. The minimum atomic E-state index is -0.0394. The quantitative estimate of drug-likeness (QED) is 0.329. The summed E-state index contributed by atoms with van der Waals surface area (Å²) in [5.41, 5.74) is 7.80. The molecule has 12 heavy (non-hydrogen) atoms. The fourth-order valence-electron chi connectivity index (χ4n) is 0.526. The summed E-state index contributed by atoms with van der Waals surface area (Å²) in [7, 11) is 0. The Morgan fingerprint density at radius 2 is 2.17 bits per heavy atom. The van der Waals surface area contributed by atoms with Crippen LogP contribution in [0.25, 0.3) is 0 Å². The Hall–Kier alpha value is -0.680. The predicted octanol–water partition coefficient (Wildman–Crippen LogP) is 0.194. The number of nitrogens with two attached hydrogens (primary N) is 1. The van der Waals surface area contributed by atoms with Gasteiger partial charge in [0.2, 0.25) is 0 Å². The van der Waals surface area contributed by atoms with E-state index in [0.29, 0.717) is 11.7 Å². The second-order valence-electron chi connectivity index (χ2n) is 3.36. The molecule has 70 valence electrons. The molecule has 0 heterocycles. The Kier molecular flexibility index (Phi) is 4.77. The van der Waals surface area contributed by atoms with E-state index >= 15 is 0 Å². The maximum Gasteiger partial charge on any atom is 0.187 e. The molecule has 0 spiro atoms. The van der Waals surface area contributed by atoms with Gasteiger partial charge in [-0.2, -0.15) is 5.10 Å². The summed E-state index contributed by atoms with van der Waals surface area (Å²) in [4.78, 5) is 0. The van der Waals surface area contributed by atoms with E-state index in [2.05, 4.69) is 15.8 Å². The highest BCUT2D eigenvalue weighted by molar-refractivity contribution is 7.80. The molecule has 0 radical (unpaired) electrons. The number of nitrogens with zero attached hydrogens (tertiary/aromatic N) is 1. The van der Waals surface area contributed by atoms with Crippen molar-refractivity contribution in [1.82, 2.24) is 10.7 Å². The van der Waals surface area contributed by atoms with Gasteiger partial charge in [-0.3, -0.25) is 5.43 Å². The Morgan fingerprint density at radius 3 is 2.58 bits per heavy atom. The Bertz CT molecular complexity index is 171. The second-order valence-corrected chi connectivity index (χ2v) is 3.77. The molecule has 0 aliphatic heterocycles. The van der Waals surface area contributed by atoms with Crippen LogP contribution < -0.4 is 16.5 Å². The van der Waals surface area contributed by atoms with Gasteiger partial charge in [0.05, 0.1) is 0 Å². The van der Waals surface area contributed by atoms with Crippen molar-refractivity contribution < 1.29 is 0 Å². The second kappa shape index (κ2) is 5.05. The van der Waals surface area contributed by atoms with Crippen LogP contribution in [-0.2, 0) is 0 Å². The third-order valence-corrected chi connectivity index (χ3v) is 1.04. The molecule has 4 N–H and O–H groups in total. The van der Waals surface area contributed by atoms with Gasteiger partial charge >= 0.3 is 0 Å². The van der Waals surface area contributed by atoms with Gasteiger partial charge in [0.1, 0.15) is 0 Å². The van der Waals surface area contributed by atoms with Crippen LogP contribution in [0, 0.1) is 0 Å². The van der Waals surface area contributed by atoms with E-state index in [9.17, 15) is 0 Å². The van der Waals surface area contributed by atoms with E-state index < -0.39 is 0 Å². The monoisotopic (exact) mass is 188 g/mol. The summed E-state index contributed by atoms with van der Waals surface area (Å²) < 4.78 is 0. The van der Waals surface area contributed by atoms with Gasteiger partial charge in [-0.05, 0) is 33.0 Å². The zero-order valence-corrected chi connectivity index (χ0v) is 8.53. The van der Waals surface area contributed by atoms with Crippen LogP contribution in [0.5, 0.6) is 0 Å². The minimum Gasteiger partial charge on any atom is -0.357 e. The number of hydrazone groups is 1. The van der Waals surface area contributed by atoms with E-state index in [1.54, 1.807) is 6.21 Å². The zero-order valence-electron chi connectivity index (χ0n) is 7.72. The number of rotatable bonds is 2. The molecular formula is C7H16N4S. The van der Waals surface area contributed by atoms with Gasteiger partial charge in [0.15, 0.2) is 5.11 Å². The zero-order chi connectivity index (χ0) is 9.61. The summed E-state index contributed by atoms with van der Waals surface area (Å²) in [6.07, 6.45) is 1.55. The fraction of sp³-hybridized carbons (Fsp3) is 0.714. The average Bonchev–Trinajstić information content (AvgIpc) is 1.84. The molecule has 0 amide bonds. The summed E-state index contributed by atoms with van der Waals surface area (Å²) in [6.45, 7) is 6.47. The lowest BCUT2D eigenvalue weighted by Gasteiger charge is -2.21. The maximum absolute atomic E-state index is 5.19. The summed E-state index contributed by atoms with van der Waals surface area (Å²) >= 11 is 4.94. The molecule has 0 aliphatic rings. The van der Waals surface area contributed by atoms with Crippen LogP contribution in [0.4, 0.5) is 0 Å². The average molecular weight is 188 g/mol. The van der Waals surface area contributed by atoms with Crippen molar-refractivity contribution >= 4 is 23.5 Å². The molecular weight excluding hydrogens is 172 g/mol. The van der Waals surface area contributed by atoms with Gasteiger partial charge in [0, 0.05) is 18.3 Å². The third kappa shape index (κ3) is 7.43. The topological polar surface area (TPSA) is 62.4 Å². The van der Waals surface area contributed by atoms with Crippen LogP contribution in [0.3, 0.4) is 0 Å². The number of hydrogen-bond donors (Lipinski definition) is 3. The Balaban J connectivity index is 3.68. The lowest BCUT2D eigenvalue weighted by molar-refractivity contribution is 0.508. The lowest BCUT2D eigenvalue weighted by Crippen LogP contribution is -2.44. The molecule has 5 heteroatoms. The molecule has 0 rings (SSSR count). The standard InChI is InChI=1S/C7H16N4S/c1-7(2,3)10-6(12)11-9-5-4-8/h5H,4,8H2,1-3H3,(H2,10,11,12)/b9-5+. The van der Waals surface area contributed by atoms with Gasteiger partial charge < -0.3 is 11.1 Å². The highest BCUT2D eigenvalue weighted by Crippen LogP contribution is 1.97. The molecule has 0 aliphatic carbocycles. The normalized spacial score (nSPS) is 11.7. The molecule has 4 nitrogen and oxygen atoms in total. The molecule has 0 unspecified atom stereocenters. The summed E-state index contributed by atoms with van der Waals surface area (Å²) in [6, 6.07) is 0. The van der Waals surface area contributed by atoms with Crippen LogP contribution in [0.2, 0.25) is 0 Å². The van der Waals surface area contributed by atoms with Crippen LogP contribution in [0.1, 0.15) is 20.8 Å². The number of thiocarbonyl (C=S) groups is 1. The lowest BCUT2D eigenvalue weighted by atomic mass is 10.1. The Labute approximate surface area is 78.6 Å². The first-order valence-electron chi connectivity index (χ1n) is 3.75. The van der Waals surface area contributed by atoms with Crippen molar-refractivity contribution in [2.75, 3.05) is 6.54 Å². The van der Waals surface area contributed by atoms with E-state index in [1.807, 2.05) is 20.8 Å². The predicted molar refractivity (Wildman–Crippen MR) is 56.2 cm³/mol. The van der Waals surface area contributed by atoms with Crippen molar-refractivity contribution in [3.05, 3.63) is 0 Å². The van der Waals surface area contributed by atoms with E-state index in [4.69, 9.17) is 18.0 Å². The van der Waals surface area contributed by atoms with Crippen LogP contribution >= 0.6 is 12.2 Å². The van der Waals surface area contributed by atoms with E-state index in [0.717, 1.165) is 0 Å². The molecule has 0 saturated carbocycles. The van der Waals surface area contributed by atoms with Gasteiger partial charge in [0.25, 0.3) is 0 Å². The smallest absolute Gasteiger partial charge is 0.187 e. The van der Waals surface area contributed by atoms with Crippen molar-refractivity contribution in [3.8, 4) is 0 Å². The van der Waals surface area contributed by atoms with Crippen LogP contribution in [-0.4, -0.2) is 23.4 Å². The first kappa shape index (κ1) is 11.3. The molecule has 0 aromatic rings. The van der Waals surface area contributed by atoms with Crippen molar-refractivity contribution in [2.24, 2.45) is 10.8 Å². The number of hydrogen-bond acceptors (Lipinski definition) is 3. The Morgan fingerprint density at radius 1 is 1.58 bits per heavy atom. The van der Waals surface area contributed by atoms with Crippen LogP contribution in [0.15, 0.2) is 5.10 Å². The fourth-order valence-corrected chi connectivity index (χ4v) is 0.884. The number of nitrogens with one attached hydrogen (secondary N) is 2. The summed E-state index contributed by atoms with van der Waals surface area (Å²) in [5.74, 6) is 0. The molecule has 0 aromatic carbocycles. The van der Waals surface area contributed by atoms with Crippen molar-refractivity contribution in [2.45, 2.75) is 26.3 Å².